The van der Waals surface area contributed by atoms with Gasteiger partial charge in [-0.25, -0.2) is 0 Å². The third kappa shape index (κ3) is 9.80. The van der Waals surface area contributed by atoms with Gasteiger partial charge in [-0.05, 0) is 26.8 Å². The molecule has 5 heteroatoms. The molecular formula is C9H18F3NO. The van der Waals surface area contributed by atoms with Gasteiger partial charge < -0.3 is 10.1 Å². The molecule has 0 rings (SSSR count). The van der Waals surface area contributed by atoms with Crippen LogP contribution in [0.15, 0.2) is 0 Å². The van der Waals surface area contributed by atoms with Gasteiger partial charge in [0, 0.05) is 19.6 Å². The summed E-state index contributed by atoms with van der Waals surface area (Å²) in [4.78, 5) is 0. The molecule has 1 atom stereocenters. The zero-order valence-corrected chi connectivity index (χ0v) is 8.66. The van der Waals surface area contributed by atoms with Crippen molar-refractivity contribution in [3.63, 3.8) is 0 Å². The maximum absolute atomic E-state index is 11.7. The molecule has 1 unspecified atom stereocenters. The Hall–Kier alpha value is -0.290. The van der Waals surface area contributed by atoms with Crippen molar-refractivity contribution in [3.8, 4) is 0 Å². The zero-order chi connectivity index (χ0) is 11.0. The number of halogens is 3. The first kappa shape index (κ1) is 13.7. The minimum atomic E-state index is -4.03. The number of hydrogen-bond acceptors (Lipinski definition) is 2. The van der Waals surface area contributed by atoms with E-state index < -0.39 is 12.6 Å². The maximum atomic E-state index is 11.7. The summed E-state index contributed by atoms with van der Waals surface area (Å²) in [6.07, 6.45) is -4.57. The van der Waals surface area contributed by atoms with E-state index in [1.54, 1.807) is 0 Å². The minimum Gasteiger partial charge on any atom is -0.377 e. The Kier molecular flexibility index (Phi) is 6.92. The summed E-state index contributed by atoms with van der Waals surface area (Å²) in [5.74, 6) is 0. The molecule has 0 aromatic rings. The van der Waals surface area contributed by atoms with Gasteiger partial charge in [-0.2, -0.15) is 13.2 Å². The molecule has 0 bridgehead atoms. The van der Waals surface area contributed by atoms with Crippen LogP contribution < -0.4 is 5.32 Å². The quantitative estimate of drug-likeness (QED) is 0.655. The predicted octanol–water partition coefficient (Wildman–Crippen LogP) is 2.34. The average Bonchev–Trinajstić information content (AvgIpc) is 2.02. The summed E-state index contributed by atoms with van der Waals surface area (Å²) < 4.78 is 40.3. The van der Waals surface area contributed by atoms with E-state index in [2.05, 4.69) is 5.32 Å². The maximum Gasteiger partial charge on any atom is 0.389 e. The van der Waals surface area contributed by atoms with E-state index in [1.165, 1.54) is 0 Å². The van der Waals surface area contributed by atoms with E-state index in [9.17, 15) is 13.2 Å². The van der Waals surface area contributed by atoms with Crippen molar-refractivity contribution in [2.24, 2.45) is 0 Å². The average molecular weight is 213 g/mol. The second-order valence-corrected chi connectivity index (χ2v) is 3.19. The van der Waals surface area contributed by atoms with Crippen molar-refractivity contribution >= 4 is 0 Å². The Morgan fingerprint density at radius 3 is 2.50 bits per heavy atom. The molecule has 0 fully saturated rings. The predicted molar refractivity (Wildman–Crippen MR) is 49.2 cm³/mol. The molecule has 1 N–H and O–H groups in total. The first-order chi connectivity index (χ1) is 6.45. The lowest BCUT2D eigenvalue weighted by molar-refractivity contribution is -0.135. The monoisotopic (exact) mass is 213 g/mol. The smallest absolute Gasteiger partial charge is 0.377 e. The van der Waals surface area contributed by atoms with Gasteiger partial charge in [0.05, 0.1) is 6.10 Å². The molecule has 0 spiro atoms. The number of rotatable bonds is 7. The molecule has 0 saturated carbocycles. The van der Waals surface area contributed by atoms with Crippen LogP contribution in [0.25, 0.3) is 0 Å². The summed E-state index contributed by atoms with van der Waals surface area (Å²) in [7, 11) is 0. The highest BCUT2D eigenvalue weighted by Crippen LogP contribution is 2.20. The second-order valence-electron chi connectivity index (χ2n) is 3.19. The molecule has 0 amide bonds. The van der Waals surface area contributed by atoms with Crippen LogP contribution in [0.2, 0.25) is 0 Å². The summed E-state index contributed by atoms with van der Waals surface area (Å²) >= 11 is 0. The van der Waals surface area contributed by atoms with Crippen molar-refractivity contribution < 1.29 is 17.9 Å². The Balaban J connectivity index is 3.21. The van der Waals surface area contributed by atoms with Crippen LogP contribution in [-0.4, -0.2) is 32.0 Å². The van der Waals surface area contributed by atoms with Crippen LogP contribution in [0.1, 0.15) is 26.7 Å². The van der Waals surface area contributed by atoms with Crippen LogP contribution in [0.4, 0.5) is 13.2 Å². The highest BCUT2D eigenvalue weighted by Gasteiger charge is 2.25. The third-order valence-electron chi connectivity index (χ3n) is 1.70. The SMILES string of the molecule is CCOC(C)CNCCCC(F)(F)F. The number of ether oxygens (including phenoxy) is 1. The fraction of sp³-hybridized carbons (Fsp3) is 1.00. The van der Waals surface area contributed by atoms with Gasteiger partial charge in [-0.1, -0.05) is 0 Å². The summed E-state index contributed by atoms with van der Waals surface area (Å²) in [6.45, 7) is 5.40. The fourth-order valence-electron chi connectivity index (χ4n) is 1.06. The van der Waals surface area contributed by atoms with Gasteiger partial charge in [0.15, 0.2) is 0 Å². The van der Waals surface area contributed by atoms with Crippen LogP contribution in [-0.2, 0) is 4.74 Å². The Bertz CT molecular complexity index is 139. The standard InChI is InChI=1S/C9H18F3NO/c1-3-14-8(2)7-13-6-4-5-9(10,11)12/h8,13H,3-7H2,1-2H3. The minimum absolute atomic E-state index is 0.0610. The van der Waals surface area contributed by atoms with E-state index in [4.69, 9.17) is 4.74 Å². The van der Waals surface area contributed by atoms with Gasteiger partial charge >= 0.3 is 6.18 Å². The first-order valence-electron chi connectivity index (χ1n) is 4.84. The first-order valence-corrected chi connectivity index (χ1v) is 4.84. The fourth-order valence-corrected chi connectivity index (χ4v) is 1.06. The van der Waals surface area contributed by atoms with Crippen molar-refractivity contribution in [2.75, 3.05) is 19.7 Å². The normalized spacial score (nSPS) is 14.4. The molecule has 14 heavy (non-hydrogen) atoms. The topological polar surface area (TPSA) is 21.3 Å². The van der Waals surface area contributed by atoms with Crippen molar-refractivity contribution in [3.05, 3.63) is 0 Å². The molecule has 0 aromatic heterocycles. The molecule has 86 valence electrons. The van der Waals surface area contributed by atoms with Gasteiger partial charge in [0.25, 0.3) is 0 Å². The highest BCUT2D eigenvalue weighted by atomic mass is 19.4. The lowest BCUT2D eigenvalue weighted by atomic mass is 10.3. The zero-order valence-electron chi connectivity index (χ0n) is 8.66. The Morgan fingerprint density at radius 2 is 2.00 bits per heavy atom. The van der Waals surface area contributed by atoms with Crippen LogP contribution in [0.5, 0.6) is 0 Å². The number of hydrogen-bond donors (Lipinski definition) is 1. The number of nitrogens with one attached hydrogen (secondary N) is 1. The van der Waals surface area contributed by atoms with E-state index in [-0.39, 0.29) is 12.5 Å². The molecule has 0 radical (unpaired) electrons. The summed E-state index contributed by atoms with van der Waals surface area (Å²) in [6, 6.07) is 0. The lowest BCUT2D eigenvalue weighted by Gasteiger charge is -2.12. The van der Waals surface area contributed by atoms with Crippen molar-refractivity contribution in [1.29, 1.82) is 0 Å². The molecule has 2 nitrogen and oxygen atoms in total. The van der Waals surface area contributed by atoms with Crippen LogP contribution >= 0.6 is 0 Å². The molecule has 0 saturated heterocycles. The third-order valence-corrected chi connectivity index (χ3v) is 1.70. The highest BCUT2D eigenvalue weighted by molar-refractivity contribution is 4.57. The van der Waals surface area contributed by atoms with Crippen LogP contribution in [0.3, 0.4) is 0 Å². The van der Waals surface area contributed by atoms with Gasteiger partial charge in [-0.15, -0.1) is 0 Å². The Morgan fingerprint density at radius 1 is 1.36 bits per heavy atom. The van der Waals surface area contributed by atoms with Gasteiger partial charge in [0.2, 0.25) is 0 Å². The van der Waals surface area contributed by atoms with Crippen LogP contribution in [0, 0.1) is 0 Å². The van der Waals surface area contributed by atoms with Gasteiger partial charge in [0.1, 0.15) is 0 Å². The summed E-state index contributed by atoms with van der Waals surface area (Å²) in [5.41, 5.74) is 0. The summed E-state index contributed by atoms with van der Waals surface area (Å²) in [5, 5.41) is 2.92. The van der Waals surface area contributed by atoms with E-state index >= 15 is 0 Å². The second kappa shape index (κ2) is 7.06. The molecular weight excluding hydrogens is 195 g/mol. The molecule has 0 aliphatic carbocycles. The number of alkyl halides is 3. The molecule has 0 heterocycles. The van der Waals surface area contributed by atoms with E-state index in [1.807, 2.05) is 13.8 Å². The van der Waals surface area contributed by atoms with E-state index in [0.29, 0.717) is 19.7 Å². The van der Waals surface area contributed by atoms with Crippen molar-refractivity contribution in [1.82, 2.24) is 5.32 Å². The molecule has 0 aliphatic rings. The van der Waals surface area contributed by atoms with E-state index in [0.717, 1.165) is 0 Å². The molecule has 0 aromatic carbocycles. The molecule has 0 aliphatic heterocycles. The lowest BCUT2D eigenvalue weighted by Crippen LogP contribution is -2.28. The van der Waals surface area contributed by atoms with Crippen molar-refractivity contribution in [2.45, 2.75) is 39.0 Å². The largest absolute Gasteiger partial charge is 0.389 e. The Labute approximate surface area is 82.8 Å². The van der Waals surface area contributed by atoms with Gasteiger partial charge in [-0.3, -0.25) is 0 Å².